The van der Waals surface area contributed by atoms with Crippen LogP contribution in [0.15, 0.2) is 30.3 Å². The number of nitrogens with zero attached hydrogens (tertiary/aromatic N) is 2. The summed E-state index contributed by atoms with van der Waals surface area (Å²) >= 11 is 0. The van der Waals surface area contributed by atoms with Crippen LogP contribution in [0.4, 0.5) is 4.79 Å². The van der Waals surface area contributed by atoms with E-state index in [0.717, 1.165) is 51.5 Å². The van der Waals surface area contributed by atoms with Crippen LogP contribution >= 0.6 is 0 Å². The van der Waals surface area contributed by atoms with Crippen molar-refractivity contribution in [2.24, 2.45) is 5.92 Å². The summed E-state index contributed by atoms with van der Waals surface area (Å²) in [5.74, 6) is 1.44. The monoisotopic (exact) mass is 327 g/mol. The number of amides is 2. The van der Waals surface area contributed by atoms with Crippen LogP contribution in [0.1, 0.15) is 43.6 Å². The fourth-order valence-electron chi connectivity index (χ4n) is 4.24. The van der Waals surface area contributed by atoms with E-state index in [4.69, 9.17) is 0 Å². The van der Waals surface area contributed by atoms with E-state index in [1.54, 1.807) is 0 Å². The Morgan fingerprint density at radius 2 is 1.67 bits per heavy atom. The molecule has 0 bridgehead atoms. The van der Waals surface area contributed by atoms with Gasteiger partial charge in [0.05, 0.1) is 0 Å². The lowest BCUT2D eigenvalue weighted by atomic mass is 9.97. The Morgan fingerprint density at radius 1 is 1.00 bits per heavy atom. The standard InChI is InChI=1S/C20H29N3O/c24-20(22-10-4-5-11-22)23-12-8-16(9-13-23)15-21-19-14-18(19)17-6-2-1-3-7-17/h1-3,6-7,16,18-19,21H,4-5,8-15H2/t18-,19+/m0/s1. The average molecular weight is 327 g/mol. The van der Waals surface area contributed by atoms with E-state index >= 15 is 0 Å². The molecule has 24 heavy (non-hydrogen) atoms. The maximum atomic E-state index is 12.4. The summed E-state index contributed by atoms with van der Waals surface area (Å²) in [4.78, 5) is 16.5. The predicted molar refractivity (Wildman–Crippen MR) is 96.1 cm³/mol. The van der Waals surface area contributed by atoms with Gasteiger partial charge in [0.15, 0.2) is 0 Å². The van der Waals surface area contributed by atoms with Gasteiger partial charge >= 0.3 is 6.03 Å². The minimum atomic E-state index is 0.283. The van der Waals surface area contributed by atoms with Crippen molar-refractivity contribution in [3.63, 3.8) is 0 Å². The predicted octanol–water partition coefficient (Wildman–Crippen LogP) is 3.06. The Kier molecular flexibility index (Phi) is 4.74. The third kappa shape index (κ3) is 3.59. The highest BCUT2D eigenvalue weighted by atomic mass is 16.2. The van der Waals surface area contributed by atoms with Crippen LogP contribution in [0.2, 0.25) is 0 Å². The molecule has 0 radical (unpaired) electrons. The fourth-order valence-corrected chi connectivity index (χ4v) is 4.24. The van der Waals surface area contributed by atoms with Crippen molar-refractivity contribution in [2.45, 2.75) is 44.1 Å². The molecule has 0 aromatic heterocycles. The molecule has 0 unspecified atom stereocenters. The summed E-state index contributed by atoms with van der Waals surface area (Å²) in [5, 5.41) is 3.76. The molecule has 4 nitrogen and oxygen atoms in total. The van der Waals surface area contributed by atoms with Gasteiger partial charge < -0.3 is 15.1 Å². The number of urea groups is 1. The molecule has 0 spiro atoms. The number of nitrogens with one attached hydrogen (secondary N) is 1. The van der Waals surface area contributed by atoms with E-state index in [0.29, 0.717) is 12.0 Å². The van der Waals surface area contributed by atoms with Crippen molar-refractivity contribution >= 4 is 6.03 Å². The number of carbonyl (C=O) groups is 1. The number of hydrogen-bond donors (Lipinski definition) is 1. The largest absolute Gasteiger partial charge is 0.325 e. The zero-order valence-electron chi connectivity index (χ0n) is 14.5. The number of rotatable bonds is 4. The van der Waals surface area contributed by atoms with Gasteiger partial charge in [0.25, 0.3) is 0 Å². The molecule has 2 saturated heterocycles. The average Bonchev–Trinajstić information content (AvgIpc) is 3.21. The van der Waals surface area contributed by atoms with Crippen molar-refractivity contribution in [3.8, 4) is 0 Å². The smallest absolute Gasteiger partial charge is 0.319 e. The molecule has 4 rings (SSSR count). The van der Waals surface area contributed by atoms with Crippen molar-refractivity contribution < 1.29 is 4.79 Å². The molecule has 2 aliphatic heterocycles. The van der Waals surface area contributed by atoms with Crippen LogP contribution in [-0.4, -0.2) is 54.6 Å². The van der Waals surface area contributed by atoms with Gasteiger partial charge in [0, 0.05) is 38.1 Å². The molecule has 1 N–H and O–H groups in total. The Bertz CT molecular complexity index is 547. The van der Waals surface area contributed by atoms with E-state index in [2.05, 4.69) is 40.5 Å². The van der Waals surface area contributed by atoms with Crippen LogP contribution in [-0.2, 0) is 0 Å². The van der Waals surface area contributed by atoms with Crippen LogP contribution < -0.4 is 5.32 Å². The normalized spacial score (nSPS) is 27.5. The maximum Gasteiger partial charge on any atom is 0.319 e. The number of carbonyl (C=O) groups excluding carboxylic acids is 1. The fraction of sp³-hybridized carbons (Fsp3) is 0.650. The van der Waals surface area contributed by atoms with Gasteiger partial charge in [-0.3, -0.25) is 0 Å². The first-order valence-electron chi connectivity index (χ1n) is 9.63. The molecule has 3 aliphatic rings. The number of hydrogen-bond acceptors (Lipinski definition) is 2. The molecule has 1 aliphatic carbocycles. The molecule has 4 heteroatoms. The van der Waals surface area contributed by atoms with Gasteiger partial charge in [-0.1, -0.05) is 30.3 Å². The lowest BCUT2D eigenvalue weighted by Gasteiger charge is -2.34. The third-order valence-electron chi connectivity index (χ3n) is 5.95. The first kappa shape index (κ1) is 15.9. The number of benzene rings is 1. The van der Waals surface area contributed by atoms with Gasteiger partial charge in [-0.25, -0.2) is 4.79 Å². The summed E-state index contributed by atoms with van der Waals surface area (Å²) in [6, 6.07) is 11.8. The summed E-state index contributed by atoms with van der Waals surface area (Å²) in [7, 11) is 0. The van der Waals surface area contributed by atoms with E-state index in [-0.39, 0.29) is 6.03 Å². The van der Waals surface area contributed by atoms with Crippen molar-refractivity contribution in [1.29, 1.82) is 0 Å². The van der Waals surface area contributed by atoms with Crippen LogP contribution in [0.3, 0.4) is 0 Å². The molecule has 130 valence electrons. The Balaban J connectivity index is 1.17. The zero-order chi connectivity index (χ0) is 16.4. The highest BCUT2D eigenvalue weighted by molar-refractivity contribution is 5.74. The Labute approximate surface area is 145 Å². The second kappa shape index (κ2) is 7.14. The highest BCUT2D eigenvalue weighted by Crippen LogP contribution is 2.40. The Morgan fingerprint density at radius 3 is 2.38 bits per heavy atom. The lowest BCUT2D eigenvalue weighted by Crippen LogP contribution is -2.46. The molecular formula is C20H29N3O. The molecule has 1 saturated carbocycles. The van der Waals surface area contributed by atoms with Gasteiger partial charge in [0.2, 0.25) is 0 Å². The van der Waals surface area contributed by atoms with Crippen molar-refractivity contribution in [1.82, 2.24) is 15.1 Å². The topological polar surface area (TPSA) is 35.6 Å². The van der Waals surface area contributed by atoms with Crippen LogP contribution in [0, 0.1) is 5.92 Å². The van der Waals surface area contributed by atoms with Crippen molar-refractivity contribution in [2.75, 3.05) is 32.7 Å². The molecule has 3 fully saturated rings. The number of likely N-dealkylation sites (tertiary alicyclic amines) is 2. The third-order valence-corrected chi connectivity index (χ3v) is 5.95. The van der Waals surface area contributed by atoms with Gasteiger partial charge in [0.1, 0.15) is 0 Å². The van der Waals surface area contributed by atoms with E-state index < -0.39 is 0 Å². The highest BCUT2D eigenvalue weighted by Gasteiger charge is 2.38. The summed E-state index contributed by atoms with van der Waals surface area (Å²) in [6.07, 6.45) is 5.92. The van der Waals surface area contributed by atoms with Gasteiger partial charge in [-0.15, -0.1) is 0 Å². The Hall–Kier alpha value is -1.55. The minimum Gasteiger partial charge on any atom is -0.325 e. The molecule has 1 aromatic carbocycles. The SMILES string of the molecule is O=C(N1CCCC1)N1CCC(CN[C@@H]2C[C@H]2c2ccccc2)CC1. The lowest BCUT2D eigenvalue weighted by molar-refractivity contribution is 0.140. The van der Waals surface area contributed by atoms with Crippen LogP contribution in [0.25, 0.3) is 0 Å². The first-order valence-corrected chi connectivity index (χ1v) is 9.63. The van der Waals surface area contributed by atoms with E-state index in [1.807, 2.05) is 4.90 Å². The zero-order valence-corrected chi connectivity index (χ0v) is 14.5. The van der Waals surface area contributed by atoms with Gasteiger partial charge in [-0.2, -0.15) is 0 Å². The minimum absolute atomic E-state index is 0.283. The molecule has 1 aromatic rings. The molecule has 2 amide bonds. The summed E-state index contributed by atoms with van der Waals surface area (Å²) in [5.41, 5.74) is 1.47. The molecule has 2 atom stereocenters. The summed E-state index contributed by atoms with van der Waals surface area (Å²) < 4.78 is 0. The quantitative estimate of drug-likeness (QED) is 0.922. The molecular weight excluding hydrogens is 298 g/mol. The van der Waals surface area contributed by atoms with Crippen molar-refractivity contribution in [3.05, 3.63) is 35.9 Å². The summed E-state index contributed by atoms with van der Waals surface area (Å²) in [6.45, 7) is 4.91. The van der Waals surface area contributed by atoms with E-state index in [9.17, 15) is 4.79 Å². The number of piperidine rings is 1. The first-order chi connectivity index (χ1) is 11.8. The molecule has 2 heterocycles. The van der Waals surface area contributed by atoms with Crippen LogP contribution in [0.5, 0.6) is 0 Å². The second-order valence-corrected chi connectivity index (χ2v) is 7.67. The van der Waals surface area contributed by atoms with E-state index in [1.165, 1.54) is 24.8 Å². The maximum absolute atomic E-state index is 12.4. The van der Waals surface area contributed by atoms with Gasteiger partial charge in [-0.05, 0) is 50.1 Å². The second-order valence-electron chi connectivity index (χ2n) is 7.67.